The smallest absolute Gasteiger partial charge is 0.310 e. The molecule has 1 aliphatic heterocycles. The quantitative estimate of drug-likeness (QED) is 0.764. The number of aromatic nitrogens is 2. The van der Waals surface area contributed by atoms with Crippen LogP contribution in [0.3, 0.4) is 0 Å². The molecular weight excluding hydrogens is 246 g/mol. The number of anilines is 1. The van der Waals surface area contributed by atoms with Gasteiger partial charge in [0.15, 0.2) is 5.82 Å². The largest absolute Gasteiger partial charge is 0.477 e. The molecule has 0 aliphatic carbocycles. The van der Waals surface area contributed by atoms with E-state index in [9.17, 15) is 4.79 Å². The molecule has 1 aromatic heterocycles. The molecule has 2 rings (SSSR count). The van der Waals surface area contributed by atoms with Gasteiger partial charge in [0.05, 0.1) is 32.0 Å². The SMILES string of the molecule is CCOc1cncc(N2CCCC(C(=O)OC)C2)n1. The first-order chi connectivity index (χ1) is 9.24. The zero-order valence-electron chi connectivity index (χ0n) is 11.3. The summed E-state index contributed by atoms with van der Waals surface area (Å²) in [6, 6.07) is 0. The second-order valence-corrected chi connectivity index (χ2v) is 4.46. The monoisotopic (exact) mass is 265 g/mol. The Bertz CT molecular complexity index is 439. The Hall–Kier alpha value is -1.85. The Kier molecular flexibility index (Phi) is 4.54. The molecule has 0 N–H and O–H groups in total. The third kappa shape index (κ3) is 3.33. The first-order valence-electron chi connectivity index (χ1n) is 6.52. The molecular formula is C13H19N3O3. The Morgan fingerprint density at radius 2 is 2.37 bits per heavy atom. The van der Waals surface area contributed by atoms with E-state index in [1.165, 1.54) is 7.11 Å². The van der Waals surface area contributed by atoms with E-state index in [4.69, 9.17) is 9.47 Å². The Morgan fingerprint density at radius 1 is 1.53 bits per heavy atom. The topological polar surface area (TPSA) is 64.5 Å². The standard InChI is InChI=1S/C13H19N3O3/c1-3-19-12-8-14-7-11(15-12)16-6-4-5-10(9-16)13(17)18-2/h7-8,10H,3-6,9H2,1-2H3. The van der Waals surface area contributed by atoms with Crippen molar-refractivity contribution in [1.29, 1.82) is 0 Å². The molecule has 19 heavy (non-hydrogen) atoms. The van der Waals surface area contributed by atoms with E-state index < -0.39 is 0 Å². The van der Waals surface area contributed by atoms with Crippen molar-refractivity contribution in [2.75, 3.05) is 31.7 Å². The van der Waals surface area contributed by atoms with Crippen LogP contribution in [0.2, 0.25) is 0 Å². The van der Waals surface area contributed by atoms with Gasteiger partial charge in [-0.05, 0) is 19.8 Å². The molecule has 1 aliphatic rings. The Morgan fingerprint density at radius 3 is 3.11 bits per heavy atom. The normalized spacial score (nSPS) is 19.1. The van der Waals surface area contributed by atoms with E-state index >= 15 is 0 Å². The van der Waals surface area contributed by atoms with E-state index in [2.05, 4.69) is 14.9 Å². The summed E-state index contributed by atoms with van der Waals surface area (Å²) in [6.45, 7) is 3.96. The highest BCUT2D eigenvalue weighted by Crippen LogP contribution is 2.23. The lowest BCUT2D eigenvalue weighted by molar-refractivity contribution is -0.145. The van der Waals surface area contributed by atoms with E-state index in [1.54, 1.807) is 12.4 Å². The summed E-state index contributed by atoms with van der Waals surface area (Å²) in [5.41, 5.74) is 0. The zero-order chi connectivity index (χ0) is 13.7. The molecule has 0 spiro atoms. The summed E-state index contributed by atoms with van der Waals surface area (Å²) in [5.74, 6) is 1.02. The maximum absolute atomic E-state index is 11.6. The molecule has 0 amide bonds. The van der Waals surface area contributed by atoms with Crippen LogP contribution in [0.1, 0.15) is 19.8 Å². The van der Waals surface area contributed by atoms with Gasteiger partial charge >= 0.3 is 5.97 Å². The molecule has 6 nitrogen and oxygen atoms in total. The third-order valence-electron chi connectivity index (χ3n) is 3.17. The van der Waals surface area contributed by atoms with Gasteiger partial charge in [-0.2, -0.15) is 4.98 Å². The van der Waals surface area contributed by atoms with Crippen LogP contribution in [-0.4, -0.2) is 42.7 Å². The number of carbonyl (C=O) groups is 1. The number of piperidine rings is 1. The number of hydrogen-bond donors (Lipinski definition) is 0. The summed E-state index contributed by atoms with van der Waals surface area (Å²) in [7, 11) is 1.43. The number of rotatable bonds is 4. The van der Waals surface area contributed by atoms with E-state index in [0.717, 1.165) is 25.2 Å². The van der Waals surface area contributed by atoms with Crippen molar-refractivity contribution in [3.8, 4) is 5.88 Å². The van der Waals surface area contributed by atoms with Gasteiger partial charge < -0.3 is 14.4 Å². The fourth-order valence-corrected chi connectivity index (χ4v) is 2.25. The molecule has 1 fully saturated rings. The lowest BCUT2D eigenvalue weighted by Gasteiger charge is -2.31. The number of hydrogen-bond acceptors (Lipinski definition) is 6. The van der Waals surface area contributed by atoms with Crippen LogP contribution < -0.4 is 9.64 Å². The minimum atomic E-state index is -0.154. The number of ether oxygens (including phenoxy) is 2. The average Bonchev–Trinajstić information content (AvgIpc) is 2.47. The van der Waals surface area contributed by atoms with Gasteiger partial charge in [0.2, 0.25) is 5.88 Å². The highest BCUT2D eigenvalue weighted by atomic mass is 16.5. The first kappa shape index (κ1) is 13.6. The van der Waals surface area contributed by atoms with Crippen molar-refractivity contribution in [3.63, 3.8) is 0 Å². The van der Waals surface area contributed by atoms with Crippen LogP contribution in [0, 0.1) is 5.92 Å². The van der Waals surface area contributed by atoms with Gasteiger partial charge in [-0.1, -0.05) is 0 Å². The van der Waals surface area contributed by atoms with E-state index in [0.29, 0.717) is 19.0 Å². The summed E-state index contributed by atoms with van der Waals surface area (Å²) < 4.78 is 10.2. The fourth-order valence-electron chi connectivity index (χ4n) is 2.25. The van der Waals surface area contributed by atoms with Gasteiger partial charge in [0.1, 0.15) is 0 Å². The molecule has 0 radical (unpaired) electrons. The number of carbonyl (C=O) groups excluding carboxylic acids is 1. The predicted molar refractivity (Wildman–Crippen MR) is 70.2 cm³/mol. The molecule has 1 unspecified atom stereocenters. The number of methoxy groups -OCH3 is 1. The second-order valence-electron chi connectivity index (χ2n) is 4.46. The molecule has 104 valence electrons. The summed E-state index contributed by atoms with van der Waals surface area (Å²) in [6.07, 6.45) is 5.10. The van der Waals surface area contributed by atoms with Crippen molar-refractivity contribution in [3.05, 3.63) is 12.4 Å². The first-order valence-corrected chi connectivity index (χ1v) is 6.52. The van der Waals surface area contributed by atoms with Gasteiger partial charge in [0.25, 0.3) is 0 Å². The van der Waals surface area contributed by atoms with E-state index in [-0.39, 0.29) is 11.9 Å². The van der Waals surface area contributed by atoms with Crippen LogP contribution in [0.25, 0.3) is 0 Å². The summed E-state index contributed by atoms with van der Waals surface area (Å²) >= 11 is 0. The molecule has 2 heterocycles. The highest BCUT2D eigenvalue weighted by molar-refractivity contribution is 5.73. The molecule has 1 atom stereocenters. The Balaban J connectivity index is 2.08. The van der Waals surface area contributed by atoms with Crippen molar-refractivity contribution in [1.82, 2.24) is 9.97 Å². The van der Waals surface area contributed by atoms with Gasteiger partial charge in [0, 0.05) is 13.1 Å². The predicted octanol–water partition coefficient (Wildman–Crippen LogP) is 1.26. The number of esters is 1. The van der Waals surface area contributed by atoms with Crippen molar-refractivity contribution in [2.24, 2.45) is 5.92 Å². The van der Waals surface area contributed by atoms with Gasteiger partial charge in [-0.3, -0.25) is 9.78 Å². The third-order valence-corrected chi connectivity index (χ3v) is 3.17. The lowest BCUT2D eigenvalue weighted by atomic mass is 9.98. The molecule has 0 bridgehead atoms. The Labute approximate surface area is 112 Å². The average molecular weight is 265 g/mol. The molecule has 6 heteroatoms. The fraction of sp³-hybridized carbons (Fsp3) is 0.615. The molecule has 0 aromatic carbocycles. The van der Waals surface area contributed by atoms with Crippen molar-refractivity contribution >= 4 is 11.8 Å². The van der Waals surface area contributed by atoms with Crippen molar-refractivity contribution < 1.29 is 14.3 Å². The van der Waals surface area contributed by atoms with Crippen LogP contribution in [0.5, 0.6) is 5.88 Å². The van der Waals surface area contributed by atoms with E-state index in [1.807, 2.05) is 6.92 Å². The van der Waals surface area contributed by atoms with Crippen molar-refractivity contribution in [2.45, 2.75) is 19.8 Å². The molecule has 1 aromatic rings. The number of nitrogens with zero attached hydrogens (tertiary/aromatic N) is 3. The summed E-state index contributed by atoms with van der Waals surface area (Å²) in [5, 5.41) is 0. The minimum absolute atomic E-state index is 0.0868. The maximum atomic E-state index is 11.6. The van der Waals surface area contributed by atoms with Crippen LogP contribution in [0.4, 0.5) is 5.82 Å². The maximum Gasteiger partial charge on any atom is 0.310 e. The highest BCUT2D eigenvalue weighted by Gasteiger charge is 2.27. The van der Waals surface area contributed by atoms with Crippen LogP contribution >= 0.6 is 0 Å². The second kappa shape index (κ2) is 6.36. The van der Waals surface area contributed by atoms with Gasteiger partial charge in [-0.15, -0.1) is 0 Å². The summed E-state index contributed by atoms with van der Waals surface area (Å²) in [4.78, 5) is 22.2. The zero-order valence-corrected chi connectivity index (χ0v) is 11.3. The van der Waals surface area contributed by atoms with Crippen LogP contribution in [-0.2, 0) is 9.53 Å². The lowest BCUT2D eigenvalue weighted by Crippen LogP contribution is -2.39. The molecule has 1 saturated heterocycles. The minimum Gasteiger partial charge on any atom is -0.477 e. The van der Waals surface area contributed by atoms with Gasteiger partial charge in [-0.25, -0.2) is 0 Å². The molecule has 0 saturated carbocycles. The van der Waals surface area contributed by atoms with Crippen LogP contribution in [0.15, 0.2) is 12.4 Å².